The van der Waals surface area contributed by atoms with Gasteiger partial charge < -0.3 is 33.8 Å². The molecular weight excluding hydrogens is 1250 g/mol. The first-order chi connectivity index (χ1) is 45.8. The molecule has 564 valence electrons. The summed E-state index contributed by atoms with van der Waals surface area (Å²) in [7, 11) is -9.91. The van der Waals surface area contributed by atoms with E-state index < -0.39 is 97.5 Å². The number of hydrogen-bond acceptors (Lipinski definition) is 15. The van der Waals surface area contributed by atoms with Crippen LogP contribution in [0, 0.1) is 17.8 Å². The van der Waals surface area contributed by atoms with Gasteiger partial charge in [0, 0.05) is 25.7 Å². The molecule has 95 heavy (non-hydrogen) atoms. The van der Waals surface area contributed by atoms with Crippen LogP contribution in [0.3, 0.4) is 0 Å². The van der Waals surface area contributed by atoms with Gasteiger partial charge in [0.15, 0.2) is 12.2 Å². The minimum Gasteiger partial charge on any atom is -0.462 e. The summed E-state index contributed by atoms with van der Waals surface area (Å²) in [5.41, 5.74) is 0. The van der Waals surface area contributed by atoms with E-state index in [4.69, 9.17) is 37.0 Å². The third-order valence-electron chi connectivity index (χ3n) is 18.4. The Labute approximate surface area is 581 Å². The van der Waals surface area contributed by atoms with Gasteiger partial charge in [-0.15, -0.1) is 0 Å². The Kier molecular flexibility index (Phi) is 65.2. The van der Waals surface area contributed by atoms with E-state index in [9.17, 15) is 43.2 Å². The van der Waals surface area contributed by atoms with E-state index in [0.29, 0.717) is 25.7 Å². The Bertz CT molecular complexity index is 1860. The first kappa shape index (κ1) is 93.1. The fourth-order valence-electron chi connectivity index (χ4n) is 11.5. The van der Waals surface area contributed by atoms with Gasteiger partial charge in [-0.1, -0.05) is 337 Å². The van der Waals surface area contributed by atoms with E-state index in [1.54, 1.807) is 0 Å². The molecule has 0 aliphatic carbocycles. The highest BCUT2D eigenvalue weighted by Crippen LogP contribution is 2.45. The molecule has 0 radical (unpaired) electrons. The molecule has 0 bridgehead atoms. The largest absolute Gasteiger partial charge is 0.472 e. The number of hydrogen-bond donors (Lipinski definition) is 3. The number of ether oxygens (including phenoxy) is 4. The number of unbranched alkanes of at least 4 members (excludes halogenated alkanes) is 40. The number of rotatable bonds is 74. The monoisotopic (exact) mass is 1400 g/mol. The summed E-state index contributed by atoms with van der Waals surface area (Å²) in [6.45, 7) is 11.9. The molecule has 0 fully saturated rings. The highest BCUT2D eigenvalue weighted by molar-refractivity contribution is 7.47. The zero-order valence-corrected chi connectivity index (χ0v) is 63.9. The first-order valence-corrected chi connectivity index (χ1v) is 42.4. The molecule has 4 unspecified atom stereocenters. The van der Waals surface area contributed by atoms with Gasteiger partial charge in [0.05, 0.1) is 26.4 Å². The summed E-state index contributed by atoms with van der Waals surface area (Å²) in [5, 5.41) is 10.6. The molecule has 17 nitrogen and oxygen atoms in total. The van der Waals surface area contributed by atoms with E-state index in [1.165, 1.54) is 193 Å². The van der Waals surface area contributed by atoms with Crippen LogP contribution in [0.4, 0.5) is 0 Å². The van der Waals surface area contributed by atoms with Crippen LogP contribution in [0.15, 0.2) is 0 Å². The van der Waals surface area contributed by atoms with Crippen LogP contribution < -0.4 is 0 Å². The number of aliphatic hydroxyl groups excluding tert-OH is 1. The molecule has 0 amide bonds. The molecule has 0 aliphatic rings. The third kappa shape index (κ3) is 67.6. The number of phosphoric acid groups is 2. The number of esters is 4. The van der Waals surface area contributed by atoms with Gasteiger partial charge in [-0.3, -0.25) is 37.3 Å². The fraction of sp³-hybridized carbons (Fsp3) is 0.947. The van der Waals surface area contributed by atoms with Crippen LogP contribution in [-0.4, -0.2) is 96.7 Å². The van der Waals surface area contributed by atoms with Crippen LogP contribution in [0.2, 0.25) is 0 Å². The molecule has 0 spiro atoms. The van der Waals surface area contributed by atoms with Crippen molar-refractivity contribution >= 4 is 39.5 Å². The second-order valence-corrected chi connectivity index (χ2v) is 31.3. The Hall–Kier alpha value is -1.94. The standard InChI is InChI=1S/C76H148O17P2/c1-8-11-12-13-14-15-23-31-36-45-52-59-75(80)93-72(64-87-74(79)58-51-44-39-38-42-49-56-69(7)10-3)66-91-95(84,85)89-62-70(77)61-88-94(82,83)90-65-71(63-86-73(78)57-50-43-35-30-26-22-18-19-24-28-33-40-47-54-67(4)5)92-76(81)60-53-46-37-32-27-21-17-16-20-25-29-34-41-48-55-68(6)9-2/h67-72,77H,8-66H2,1-7H3,(H,82,83)(H,84,85)/t68?,69?,70-,71-,72-/m1/s1. The number of aliphatic hydroxyl groups is 1. The predicted molar refractivity (Wildman–Crippen MR) is 386 cm³/mol. The van der Waals surface area contributed by atoms with Gasteiger partial charge in [0.1, 0.15) is 19.3 Å². The van der Waals surface area contributed by atoms with Crippen molar-refractivity contribution in [1.29, 1.82) is 0 Å². The summed E-state index contributed by atoms with van der Waals surface area (Å²) in [6, 6.07) is 0. The number of carbonyl (C=O) groups is 4. The molecule has 0 aliphatic heterocycles. The van der Waals surface area contributed by atoms with Crippen LogP contribution in [0.1, 0.15) is 389 Å². The fourth-order valence-corrected chi connectivity index (χ4v) is 13.1. The average Bonchev–Trinajstić information content (AvgIpc) is 1.53. The smallest absolute Gasteiger partial charge is 0.462 e. The number of phosphoric ester groups is 2. The van der Waals surface area contributed by atoms with E-state index in [1.807, 2.05) is 0 Å². The van der Waals surface area contributed by atoms with Crippen molar-refractivity contribution in [3.63, 3.8) is 0 Å². The Morgan fingerprint density at radius 2 is 0.537 bits per heavy atom. The quantitative estimate of drug-likeness (QED) is 0.0222. The normalized spacial score (nSPS) is 14.6. The van der Waals surface area contributed by atoms with E-state index >= 15 is 0 Å². The molecule has 19 heteroatoms. The second-order valence-electron chi connectivity index (χ2n) is 28.4. The lowest BCUT2D eigenvalue weighted by Crippen LogP contribution is -2.30. The summed E-state index contributed by atoms with van der Waals surface area (Å²) >= 11 is 0. The number of carbonyl (C=O) groups excluding carboxylic acids is 4. The van der Waals surface area contributed by atoms with Gasteiger partial charge in [0.25, 0.3) is 0 Å². The van der Waals surface area contributed by atoms with Crippen molar-refractivity contribution in [1.82, 2.24) is 0 Å². The topological polar surface area (TPSA) is 237 Å². The molecule has 0 aromatic heterocycles. The van der Waals surface area contributed by atoms with Crippen LogP contribution in [-0.2, 0) is 65.4 Å². The van der Waals surface area contributed by atoms with E-state index in [2.05, 4.69) is 48.5 Å². The van der Waals surface area contributed by atoms with Gasteiger partial charge in [0.2, 0.25) is 0 Å². The minimum atomic E-state index is -4.96. The van der Waals surface area contributed by atoms with Crippen molar-refractivity contribution in [2.75, 3.05) is 39.6 Å². The Balaban J connectivity index is 5.24. The first-order valence-electron chi connectivity index (χ1n) is 39.4. The van der Waals surface area contributed by atoms with Crippen molar-refractivity contribution in [3.8, 4) is 0 Å². The van der Waals surface area contributed by atoms with E-state index in [0.717, 1.165) is 114 Å². The van der Waals surface area contributed by atoms with Crippen LogP contribution in [0.25, 0.3) is 0 Å². The molecular formula is C76H148O17P2. The third-order valence-corrected chi connectivity index (χ3v) is 20.3. The van der Waals surface area contributed by atoms with E-state index in [-0.39, 0.29) is 25.7 Å². The lowest BCUT2D eigenvalue weighted by atomic mass is 9.99. The second kappa shape index (κ2) is 66.6. The minimum absolute atomic E-state index is 0.106. The van der Waals surface area contributed by atoms with Crippen molar-refractivity contribution in [2.45, 2.75) is 407 Å². The molecule has 0 aromatic carbocycles. The SMILES string of the molecule is CCCCCCCCCCCCCC(=O)O[C@H](COC(=O)CCCCCCCCC(C)CC)COP(=O)(O)OC[C@H](O)COP(=O)(O)OC[C@@H](COC(=O)CCCCCCCCCCCCCCCC(C)C)OC(=O)CCCCCCCCCCCCCCCCC(C)CC. The van der Waals surface area contributed by atoms with Gasteiger partial charge in [-0.2, -0.15) is 0 Å². The molecule has 3 N–H and O–H groups in total. The Morgan fingerprint density at radius 1 is 0.305 bits per heavy atom. The Morgan fingerprint density at radius 3 is 0.800 bits per heavy atom. The van der Waals surface area contributed by atoms with Gasteiger partial charge in [-0.05, 0) is 43.4 Å². The zero-order chi connectivity index (χ0) is 70.1. The van der Waals surface area contributed by atoms with Gasteiger partial charge in [-0.25, -0.2) is 9.13 Å². The molecule has 0 aromatic rings. The molecule has 0 rings (SSSR count). The predicted octanol–water partition coefficient (Wildman–Crippen LogP) is 22.2. The summed E-state index contributed by atoms with van der Waals surface area (Å²) < 4.78 is 68.5. The van der Waals surface area contributed by atoms with Crippen molar-refractivity contribution < 1.29 is 80.2 Å². The lowest BCUT2D eigenvalue weighted by Gasteiger charge is -2.21. The highest BCUT2D eigenvalue weighted by Gasteiger charge is 2.30. The van der Waals surface area contributed by atoms with Gasteiger partial charge >= 0.3 is 39.5 Å². The summed E-state index contributed by atoms with van der Waals surface area (Å²) in [4.78, 5) is 72.8. The average molecular weight is 1400 g/mol. The highest BCUT2D eigenvalue weighted by atomic mass is 31.2. The molecule has 0 saturated carbocycles. The molecule has 7 atom stereocenters. The molecule has 0 heterocycles. The summed E-state index contributed by atoms with van der Waals surface area (Å²) in [6.07, 6.45) is 52.6. The lowest BCUT2D eigenvalue weighted by molar-refractivity contribution is -0.161. The maximum Gasteiger partial charge on any atom is 0.472 e. The van der Waals surface area contributed by atoms with Crippen molar-refractivity contribution in [3.05, 3.63) is 0 Å². The van der Waals surface area contributed by atoms with Crippen LogP contribution >= 0.6 is 15.6 Å². The summed E-state index contributed by atoms with van der Waals surface area (Å²) in [5.74, 6) is 0.250. The van der Waals surface area contributed by atoms with Crippen molar-refractivity contribution in [2.24, 2.45) is 17.8 Å². The maximum atomic E-state index is 13.1. The zero-order valence-electron chi connectivity index (χ0n) is 62.1. The maximum absolute atomic E-state index is 13.1. The molecule has 0 saturated heterocycles. The van der Waals surface area contributed by atoms with Crippen LogP contribution in [0.5, 0.6) is 0 Å².